The molecule has 0 aromatic heterocycles. The second-order valence-electron chi connectivity index (χ2n) is 7.10. The molecule has 152 valence electrons. The average molecular weight is 419 g/mol. The number of aliphatic carboxylic acids is 1. The first-order valence-electron chi connectivity index (χ1n) is 9.85. The molecule has 0 saturated carbocycles. The molecule has 3 aromatic rings. The molecule has 2 N–H and O–H groups in total. The molecule has 0 amide bonds. The zero-order chi connectivity index (χ0) is 21.0. The van der Waals surface area contributed by atoms with Gasteiger partial charge in [0.1, 0.15) is 6.42 Å². The van der Waals surface area contributed by atoms with Crippen LogP contribution in [0.5, 0.6) is 0 Å². The largest absolute Gasteiger partial charge is 0.481 e. The molecule has 1 aliphatic heterocycles. The first-order valence-corrected chi connectivity index (χ1v) is 11.5. The summed E-state index contributed by atoms with van der Waals surface area (Å²) in [6, 6.07) is 29.0. The van der Waals surface area contributed by atoms with Crippen molar-refractivity contribution >= 4 is 31.2 Å². The lowest BCUT2D eigenvalue weighted by Crippen LogP contribution is -2.26. The van der Waals surface area contributed by atoms with E-state index < -0.39 is 13.8 Å². The molecule has 0 atom stereocenters. The Hall–Kier alpha value is -3.14. The molecule has 1 saturated heterocycles. The van der Waals surface area contributed by atoms with Gasteiger partial charge >= 0.3 is 13.8 Å². The Morgan fingerprint density at radius 2 is 1.23 bits per heavy atom. The Morgan fingerprint density at radius 3 is 1.67 bits per heavy atom. The van der Waals surface area contributed by atoms with Gasteiger partial charge in [0.05, 0.1) is 24.5 Å². The molecule has 1 heterocycles. The second-order valence-corrected chi connectivity index (χ2v) is 9.78. The van der Waals surface area contributed by atoms with E-state index in [9.17, 15) is 14.8 Å². The molecule has 0 bridgehead atoms. The van der Waals surface area contributed by atoms with Crippen molar-refractivity contribution in [1.29, 1.82) is 0 Å². The second kappa shape index (κ2) is 8.70. The summed E-state index contributed by atoms with van der Waals surface area (Å²) in [5.74, 6) is -0.960. The minimum atomic E-state index is -3.17. The van der Waals surface area contributed by atoms with Crippen molar-refractivity contribution in [2.24, 2.45) is 0 Å². The van der Waals surface area contributed by atoms with Gasteiger partial charge < -0.3 is 5.11 Å². The molecule has 5 nitrogen and oxygen atoms in total. The molecule has 0 unspecified atom stereocenters. The van der Waals surface area contributed by atoms with Gasteiger partial charge in [0, 0.05) is 0 Å². The van der Waals surface area contributed by atoms with Gasteiger partial charge in [-0.2, -0.15) is 14.2 Å². The highest BCUT2D eigenvalue weighted by Crippen LogP contribution is 2.73. The summed E-state index contributed by atoms with van der Waals surface area (Å²) in [5.41, 5.74) is 2.64. The van der Waals surface area contributed by atoms with Gasteiger partial charge in [0.25, 0.3) is 0 Å². The van der Waals surface area contributed by atoms with Crippen LogP contribution in [0.15, 0.2) is 96.3 Å². The van der Waals surface area contributed by atoms with Gasteiger partial charge in [-0.05, 0) is 35.9 Å². The predicted octanol–water partition coefficient (Wildman–Crippen LogP) is 5.28. The number of para-hydroxylation sites is 2. The Kier molecular flexibility index (Phi) is 5.84. The van der Waals surface area contributed by atoms with Crippen molar-refractivity contribution in [3.05, 3.63) is 102 Å². The summed E-state index contributed by atoms with van der Waals surface area (Å²) < 4.78 is 3.97. The highest BCUT2D eigenvalue weighted by atomic mass is 31.2. The number of benzene rings is 3. The Morgan fingerprint density at radius 1 is 0.800 bits per heavy atom. The molecule has 3 aromatic carbocycles. The Bertz CT molecular complexity index is 979. The molecule has 0 aliphatic carbocycles. The molecule has 1 aliphatic rings. The summed E-state index contributed by atoms with van der Waals surface area (Å²) in [7, 11) is -3.17. The van der Waals surface area contributed by atoms with Crippen LogP contribution in [0, 0.1) is 0 Å². The van der Waals surface area contributed by atoms with Crippen LogP contribution in [0.4, 0.5) is 11.4 Å². The third-order valence-electron chi connectivity index (χ3n) is 5.16. The maximum Gasteiger partial charge on any atom is 0.363 e. The van der Waals surface area contributed by atoms with Gasteiger partial charge in [-0.25, -0.2) is 0 Å². The highest BCUT2D eigenvalue weighted by molar-refractivity contribution is 7.78. The van der Waals surface area contributed by atoms with E-state index in [0.29, 0.717) is 18.4 Å². The molecule has 6 heteroatoms. The van der Waals surface area contributed by atoms with Crippen molar-refractivity contribution in [2.45, 2.75) is 6.42 Å². The lowest BCUT2D eigenvalue weighted by molar-refractivity contribution is -0.136. The topological polar surface area (TPSA) is 64.0 Å². The lowest BCUT2D eigenvalue weighted by atomic mass is 10.2. The molecule has 0 radical (unpaired) electrons. The predicted molar refractivity (Wildman–Crippen MR) is 123 cm³/mol. The van der Waals surface area contributed by atoms with Crippen LogP contribution in [0.1, 0.15) is 12.0 Å². The number of carboxylic acid groups (broad SMARTS) is 1. The van der Waals surface area contributed by atoms with E-state index >= 15 is 0 Å². The molecular weight excluding hydrogens is 395 g/mol. The van der Waals surface area contributed by atoms with Gasteiger partial charge in [0.2, 0.25) is 0 Å². The summed E-state index contributed by atoms with van der Waals surface area (Å²) in [5, 5.41) is 10.2. The monoisotopic (exact) mass is 419 g/mol. The normalized spacial score (nSPS) is 16.0. The number of carbonyl (C=O) groups is 1. The molecule has 4 rings (SSSR count). The summed E-state index contributed by atoms with van der Waals surface area (Å²) in [6.45, 7) is 1.21. The highest BCUT2D eigenvalue weighted by Gasteiger charge is 2.59. The molecule has 1 fully saturated rings. The van der Waals surface area contributed by atoms with Crippen molar-refractivity contribution in [2.75, 3.05) is 22.4 Å². The third kappa shape index (κ3) is 3.95. The minimum Gasteiger partial charge on any atom is -0.481 e. The number of hydrogen-bond acceptors (Lipinski definition) is 4. The average Bonchev–Trinajstić information content (AvgIpc) is 3.13. The standard InChI is InChI=1S/C24H23N2O3P/c27-24(28)19-23(18-20-10-4-1-5-11-20)30(29)25(21-12-6-2-7-13-21)16-17-26(30)22-14-8-3-9-15-22/h1-15,18,29H,16-17,19H2/p+1. The number of anilines is 2. The quantitative estimate of drug-likeness (QED) is 0.532. The molecular formula is C24H24N2O3P+. The van der Waals surface area contributed by atoms with Crippen molar-refractivity contribution in [3.8, 4) is 0 Å². The maximum absolute atomic E-state index is 12.3. The van der Waals surface area contributed by atoms with Crippen molar-refractivity contribution in [1.82, 2.24) is 0 Å². The van der Waals surface area contributed by atoms with E-state index in [1.54, 1.807) is 0 Å². The van der Waals surface area contributed by atoms with Gasteiger partial charge in [-0.1, -0.05) is 66.7 Å². The first-order chi connectivity index (χ1) is 14.6. The van der Waals surface area contributed by atoms with Crippen LogP contribution >= 0.6 is 7.79 Å². The van der Waals surface area contributed by atoms with Crippen LogP contribution in [-0.4, -0.2) is 29.1 Å². The summed E-state index contributed by atoms with van der Waals surface area (Å²) >= 11 is 0. The zero-order valence-electron chi connectivity index (χ0n) is 16.5. The van der Waals surface area contributed by atoms with Gasteiger partial charge in [0.15, 0.2) is 5.31 Å². The van der Waals surface area contributed by atoms with Crippen LogP contribution in [-0.2, 0) is 4.79 Å². The molecule has 0 spiro atoms. The third-order valence-corrected chi connectivity index (χ3v) is 8.42. The number of rotatable bonds is 6. The van der Waals surface area contributed by atoms with E-state index in [4.69, 9.17) is 0 Å². The number of nitrogens with zero attached hydrogens (tertiary/aromatic N) is 2. The first kappa shape index (κ1) is 20.1. The maximum atomic E-state index is 12.3. The fraction of sp³-hybridized carbons (Fsp3) is 0.125. The minimum absolute atomic E-state index is 0.230. The summed E-state index contributed by atoms with van der Waals surface area (Å²) in [4.78, 5) is 24.1. The fourth-order valence-electron chi connectivity index (χ4n) is 3.83. The van der Waals surface area contributed by atoms with Crippen LogP contribution in [0.25, 0.3) is 6.08 Å². The SMILES string of the molecule is O=C(O)CC(=Cc1ccccc1)[P+]1(O)N(c2ccccc2)CCN1c1ccccc1. The lowest BCUT2D eigenvalue weighted by Gasteiger charge is -2.32. The van der Waals surface area contributed by atoms with Crippen molar-refractivity contribution < 1.29 is 14.8 Å². The van der Waals surface area contributed by atoms with E-state index in [-0.39, 0.29) is 6.42 Å². The van der Waals surface area contributed by atoms with Gasteiger partial charge in [-0.15, -0.1) is 0 Å². The smallest absolute Gasteiger partial charge is 0.363 e. The summed E-state index contributed by atoms with van der Waals surface area (Å²) in [6.07, 6.45) is 1.60. The van der Waals surface area contributed by atoms with E-state index in [1.165, 1.54) is 0 Å². The van der Waals surface area contributed by atoms with Crippen LogP contribution in [0.3, 0.4) is 0 Å². The van der Waals surface area contributed by atoms with E-state index in [0.717, 1.165) is 16.9 Å². The van der Waals surface area contributed by atoms with E-state index in [1.807, 2.05) is 106 Å². The zero-order valence-corrected chi connectivity index (χ0v) is 17.4. The van der Waals surface area contributed by atoms with Gasteiger partial charge in [-0.3, -0.25) is 4.79 Å². The fourth-order valence-corrected chi connectivity index (χ4v) is 7.03. The molecule has 30 heavy (non-hydrogen) atoms. The van der Waals surface area contributed by atoms with E-state index in [2.05, 4.69) is 0 Å². The van der Waals surface area contributed by atoms with Crippen molar-refractivity contribution in [3.63, 3.8) is 0 Å². The Balaban J connectivity index is 1.88. The Labute approximate surface area is 177 Å². The van der Waals surface area contributed by atoms with Crippen LogP contribution in [0.2, 0.25) is 0 Å². The number of hydrogen-bond donors (Lipinski definition) is 2. The number of carboxylic acids is 1. The van der Waals surface area contributed by atoms with Crippen LogP contribution < -0.4 is 9.34 Å².